The van der Waals surface area contributed by atoms with Crippen molar-refractivity contribution in [1.29, 1.82) is 0 Å². The SMILES string of the molecule is CN1CC(NC2NC(N3CCC[C@@H](NC(=O)C4CCN(CC5CN(C6CCC7C(=O)C([C@H]8CCC(=O)NC8=O)C(=O)C7C6)C5)CC4)C3)CNC2C(N)=O)CN1. The van der Waals surface area contributed by atoms with Gasteiger partial charge in [0, 0.05) is 95.2 Å². The number of hydrogen-bond acceptors (Lipinski definition) is 14. The highest BCUT2D eigenvalue weighted by Gasteiger charge is 2.56. The van der Waals surface area contributed by atoms with Crippen molar-refractivity contribution in [2.24, 2.45) is 41.2 Å². The van der Waals surface area contributed by atoms with Crippen LogP contribution in [0.4, 0.5) is 0 Å². The number of carbonyl (C=O) groups is 6. The molecule has 8 unspecified atom stereocenters. The average Bonchev–Trinajstić information content (AvgIpc) is 3.67. The van der Waals surface area contributed by atoms with Crippen LogP contribution >= 0.6 is 0 Å². The smallest absolute Gasteiger partial charge is 0.237 e. The summed E-state index contributed by atoms with van der Waals surface area (Å²) in [6, 6.07) is 0.0658. The summed E-state index contributed by atoms with van der Waals surface area (Å²) in [6.45, 7) is 8.72. The van der Waals surface area contributed by atoms with E-state index in [0.29, 0.717) is 25.3 Å². The van der Waals surface area contributed by atoms with Gasteiger partial charge in [0.15, 0.2) is 0 Å². The van der Waals surface area contributed by atoms with Gasteiger partial charge in [0.2, 0.25) is 23.6 Å². The van der Waals surface area contributed by atoms with Gasteiger partial charge < -0.3 is 21.3 Å². The minimum absolute atomic E-state index is 0.0207. The Morgan fingerprint density at radius 3 is 2.35 bits per heavy atom. The summed E-state index contributed by atoms with van der Waals surface area (Å²) in [7, 11) is 2.00. The van der Waals surface area contributed by atoms with E-state index in [1.807, 2.05) is 12.1 Å². The van der Waals surface area contributed by atoms with E-state index in [4.69, 9.17) is 5.73 Å². The summed E-state index contributed by atoms with van der Waals surface area (Å²) in [4.78, 5) is 84.0. The minimum atomic E-state index is -0.887. The monoisotopic (exact) mass is 767 g/mol. The number of ketones is 2. The Hall–Kier alpha value is -2.90. The second-order valence-corrected chi connectivity index (χ2v) is 17.8. The molecule has 17 nitrogen and oxygen atoms in total. The Morgan fingerprint density at radius 1 is 0.836 bits per heavy atom. The molecule has 0 aromatic heterocycles. The van der Waals surface area contributed by atoms with E-state index in [9.17, 15) is 28.8 Å². The minimum Gasteiger partial charge on any atom is -0.368 e. The number of rotatable bonds is 10. The molecule has 0 spiro atoms. The second kappa shape index (κ2) is 16.5. The topological polar surface area (TPSA) is 214 Å². The molecule has 6 aliphatic heterocycles. The van der Waals surface area contributed by atoms with E-state index < -0.39 is 23.8 Å². The summed E-state index contributed by atoms with van der Waals surface area (Å²) in [5, 5.41) is 18.4. The molecule has 8 aliphatic rings. The average molecular weight is 768 g/mol. The van der Waals surface area contributed by atoms with Crippen molar-refractivity contribution in [1.82, 2.24) is 51.7 Å². The quantitative estimate of drug-likeness (QED) is 0.0869. The van der Waals surface area contributed by atoms with Crippen molar-refractivity contribution in [2.45, 2.75) is 94.3 Å². The number of Topliss-reactive ketones (excluding diaryl/α,β-unsaturated/α-hetero) is 2. The van der Waals surface area contributed by atoms with Gasteiger partial charge in [-0.15, -0.1) is 0 Å². The molecule has 6 heterocycles. The second-order valence-electron chi connectivity index (χ2n) is 17.8. The molecule has 0 aromatic rings. The summed E-state index contributed by atoms with van der Waals surface area (Å²) in [5.74, 6) is -2.78. The van der Waals surface area contributed by atoms with Gasteiger partial charge in [-0.1, -0.05) is 0 Å². The first-order valence-electron chi connectivity index (χ1n) is 20.9. The van der Waals surface area contributed by atoms with Crippen LogP contribution < -0.4 is 37.7 Å². The number of carbonyl (C=O) groups excluding carboxylic acids is 6. The zero-order valence-electron chi connectivity index (χ0n) is 32.2. The highest BCUT2D eigenvalue weighted by Crippen LogP contribution is 2.46. The first kappa shape index (κ1) is 38.9. The summed E-state index contributed by atoms with van der Waals surface area (Å²) >= 11 is 0. The van der Waals surface area contributed by atoms with E-state index in [-0.39, 0.29) is 90.3 Å². The number of likely N-dealkylation sites (tertiary alicyclic amines) is 3. The zero-order chi connectivity index (χ0) is 38.4. The van der Waals surface area contributed by atoms with E-state index in [2.05, 4.69) is 46.7 Å². The summed E-state index contributed by atoms with van der Waals surface area (Å²) in [6.07, 6.45) is 6.13. The van der Waals surface area contributed by atoms with Crippen LogP contribution in [0.3, 0.4) is 0 Å². The Morgan fingerprint density at radius 2 is 1.62 bits per heavy atom. The number of nitrogens with two attached hydrogens (primary N) is 1. The van der Waals surface area contributed by atoms with Crippen molar-refractivity contribution < 1.29 is 28.8 Å². The number of nitrogens with zero attached hydrogens (tertiary/aromatic N) is 4. The van der Waals surface area contributed by atoms with E-state index >= 15 is 0 Å². The highest BCUT2D eigenvalue weighted by atomic mass is 16.2. The molecule has 8 fully saturated rings. The van der Waals surface area contributed by atoms with Crippen LogP contribution in [-0.4, -0.2) is 164 Å². The van der Waals surface area contributed by atoms with Crippen molar-refractivity contribution in [3.8, 4) is 0 Å². The van der Waals surface area contributed by atoms with Gasteiger partial charge >= 0.3 is 0 Å². The number of primary amides is 1. The molecule has 17 heteroatoms. The Kier molecular flexibility index (Phi) is 11.7. The van der Waals surface area contributed by atoms with Crippen LogP contribution in [0.5, 0.6) is 0 Å². The van der Waals surface area contributed by atoms with Gasteiger partial charge in [0.25, 0.3) is 0 Å². The molecule has 4 amide bonds. The number of hydrazine groups is 1. The first-order valence-corrected chi connectivity index (χ1v) is 20.9. The molecule has 0 bridgehead atoms. The molecule has 304 valence electrons. The number of likely N-dealkylation sites (N-methyl/N-ethyl adjacent to an activating group) is 1. The van der Waals surface area contributed by atoms with Crippen molar-refractivity contribution >= 4 is 35.2 Å². The lowest BCUT2D eigenvalue weighted by molar-refractivity contribution is -0.144. The number of imide groups is 1. The number of hydrogen-bond donors (Lipinski definition) is 7. The number of nitrogens with one attached hydrogen (secondary N) is 6. The molecule has 0 aromatic carbocycles. The van der Waals surface area contributed by atoms with E-state index in [1.165, 1.54) is 0 Å². The third kappa shape index (κ3) is 8.40. The number of piperazine rings is 1. The third-order valence-corrected chi connectivity index (χ3v) is 14.1. The lowest BCUT2D eigenvalue weighted by atomic mass is 9.76. The fourth-order valence-corrected chi connectivity index (χ4v) is 11.1. The molecular weight excluding hydrogens is 706 g/mol. The van der Waals surface area contributed by atoms with Crippen molar-refractivity contribution in [2.75, 3.05) is 72.5 Å². The maximum atomic E-state index is 13.5. The molecule has 0 radical (unpaired) electrons. The molecule has 2 saturated carbocycles. The standard InChI is InChI=1S/C38H61N11O6/c1-46-19-24(14-41-46)42-36-32(35(39)53)40-15-29(44-36)48-10-2-3-23(20-48)43-37(54)22-8-11-47(12-9-22)16-21-17-49(18-21)25-4-5-26-28(13-25)34(52)31(33(26)51)27-6-7-30(50)45-38(27)55/h21-29,31-32,36,40-42,44H,2-20H2,1H3,(H2,39,53)(H,43,54)(H,45,50,55)/t23-,24?,25?,26?,27-,28?,29?,31?,32?,36?/m1/s1. The Balaban J connectivity index is 0.744. The molecular formula is C38H61N11O6. The van der Waals surface area contributed by atoms with Gasteiger partial charge in [-0.25, -0.2) is 5.01 Å². The molecule has 6 saturated heterocycles. The number of fused-ring (bicyclic) bond motifs is 1. The zero-order valence-corrected chi connectivity index (χ0v) is 32.2. The summed E-state index contributed by atoms with van der Waals surface area (Å²) in [5.41, 5.74) is 9.04. The fourth-order valence-electron chi connectivity index (χ4n) is 11.1. The molecule has 8 rings (SSSR count). The first-order chi connectivity index (χ1) is 26.5. The number of piperidine rings is 3. The van der Waals surface area contributed by atoms with Gasteiger partial charge in [-0.3, -0.25) is 59.9 Å². The predicted molar refractivity (Wildman–Crippen MR) is 200 cm³/mol. The van der Waals surface area contributed by atoms with Crippen molar-refractivity contribution in [3.63, 3.8) is 0 Å². The van der Waals surface area contributed by atoms with E-state index in [1.54, 1.807) is 0 Å². The lowest BCUT2D eigenvalue weighted by Gasteiger charge is -2.49. The van der Waals surface area contributed by atoms with Gasteiger partial charge in [0.05, 0.1) is 24.2 Å². The van der Waals surface area contributed by atoms with Gasteiger partial charge in [0.1, 0.15) is 17.6 Å². The maximum absolute atomic E-state index is 13.5. The van der Waals surface area contributed by atoms with Crippen LogP contribution in [0.1, 0.15) is 57.8 Å². The van der Waals surface area contributed by atoms with Crippen LogP contribution in [-0.2, 0) is 28.8 Å². The predicted octanol–water partition coefficient (Wildman–Crippen LogP) is -3.08. The van der Waals surface area contributed by atoms with Crippen LogP contribution in [0.25, 0.3) is 0 Å². The fraction of sp³-hybridized carbons (Fsp3) is 0.842. The maximum Gasteiger partial charge on any atom is 0.237 e. The van der Waals surface area contributed by atoms with Gasteiger partial charge in [-0.2, -0.15) is 0 Å². The molecule has 55 heavy (non-hydrogen) atoms. The Bertz CT molecular complexity index is 1500. The largest absolute Gasteiger partial charge is 0.368 e. The van der Waals surface area contributed by atoms with Crippen LogP contribution in [0.15, 0.2) is 0 Å². The molecule has 8 N–H and O–H groups in total. The molecule has 2 aliphatic carbocycles. The molecule has 10 atom stereocenters. The normalized spacial score (nSPS) is 39.1. The van der Waals surface area contributed by atoms with E-state index in [0.717, 1.165) is 91.0 Å². The lowest BCUT2D eigenvalue weighted by Crippen LogP contribution is -2.74. The third-order valence-electron chi connectivity index (χ3n) is 14.1. The highest BCUT2D eigenvalue weighted by molar-refractivity contribution is 6.15. The Labute approximate surface area is 323 Å². The summed E-state index contributed by atoms with van der Waals surface area (Å²) < 4.78 is 0. The van der Waals surface area contributed by atoms with Crippen LogP contribution in [0.2, 0.25) is 0 Å². The van der Waals surface area contributed by atoms with Gasteiger partial charge in [-0.05, 0) is 76.9 Å². The van der Waals surface area contributed by atoms with Crippen LogP contribution in [0, 0.1) is 35.5 Å². The number of amides is 4. The van der Waals surface area contributed by atoms with Crippen molar-refractivity contribution in [3.05, 3.63) is 0 Å².